The van der Waals surface area contributed by atoms with Gasteiger partial charge in [-0.15, -0.1) is 0 Å². The molecule has 1 aromatic carbocycles. The Morgan fingerprint density at radius 2 is 1.80 bits per heavy atom. The fourth-order valence-corrected chi connectivity index (χ4v) is 3.11. The van der Waals surface area contributed by atoms with Crippen molar-refractivity contribution in [3.8, 4) is 0 Å². The second-order valence-electron chi connectivity index (χ2n) is 6.40. The Labute approximate surface area is 121 Å². The topological polar surface area (TPSA) is 13.1 Å². The van der Waals surface area contributed by atoms with Crippen LogP contribution in [0, 0.1) is 13.8 Å². The largest absolute Gasteiger partial charge is 0.461 e. The lowest BCUT2D eigenvalue weighted by atomic mass is 9.78. The molecule has 1 aliphatic rings. The number of benzene rings is 1. The van der Waals surface area contributed by atoms with Gasteiger partial charge in [0.15, 0.2) is 0 Å². The van der Waals surface area contributed by atoms with Crippen LogP contribution in [0.5, 0.6) is 0 Å². The van der Waals surface area contributed by atoms with Gasteiger partial charge in [0.05, 0.1) is 0 Å². The molecule has 0 radical (unpaired) electrons. The molecule has 0 aliphatic heterocycles. The lowest BCUT2D eigenvalue weighted by Gasteiger charge is -2.26. The Morgan fingerprint density at radius 1 is 1.05 bits per heavy atom. The molecule has 0 spiro atoms. The van der Waals surface area contributed by atoms with Crippen LogP contribution < -0.4 is 0 Å². The first-order valence-corrected chi connectivity index (χ1v) is 7.34. The summed E-state index contributed by atoms with van der Waals surface area (Å²) < 4.78 is 6.07. The predicted molar refractivity (Wildman–Crippen MR) is 85.3 cm³/mol. The smallest absolute Gasteiger partial charge is 0.138 e. The molecular formula is C19H22O. The summed E-state index contributed by atoms with van der Waals surface area (Å²) in [6.45, 7) is 8.83. The summed E-state index contributed by atoms with van der Waals surface area (Å²) in [5.41, 5.74) is 5.25. The Kier molecular flexibility index (Phi) is 3.08. The number of hydrogen-bond acceptors (Lipinski definition) is 1. The maximum atomic E-state index is 6.07. The van der Waals surface area contributed by atoms with Crippen molar-refractivity contribution in [3.05, 3.63) is 58.9 Å². The van der Waals surface area contributed by atoms with Crippen molar-refractivity contribution in [2.45, 2.75) is 46.0 Å². The summed E-state index contributed by atoms with van der Waals surface area (Å²) in [5.74, 6) is 1.04. The van der Waals surface area contributed by atoms with Crippen LogP contribution in [-0.4, -0.2) is 0 Å². The predicted octanol–water partition coefficient (Wildman–Crippen LogP) is 5.39. The Hall–Kier alpha value is -1.76. The van der Waals surface area contributed by atoms with E-state index in [-0.39, 0.29) is 5.41 Å². The quantitative estimate of drug-likeness (QED) is 0.623. The summed E-state index contributed by atoms with van der Waals surface area (Å²) >= 11 is 0. The molecule has 0 unspecified atom stereocenters. The van der Waals surface area contributed by atoms with Crippen molar-refractivity contribution in [2.75, 3.05) is 0 Å². The van der Waals surface area contributed by atoms with Gasteiger partial charge >= 0.3 is 0 Å². The zero-order chi connectivity index (χ0) is 14.3. The highest BCUT2D eigenvalue weighted by molar-refractivity contribution is 5.86. The van der Waals surface area contributed by atoms with E-state index in [1.807, 2.05) is 0 Å². The van der Waals surface area contributed by atoms with Gasteiger partial charge in [-0.1, -0.05) is 50.3 Å². The number of rotatable bonds is 0. The normalized spacial score (nSPS) is 20.8. The zero-order valence-electron chi connectivity index (χ0n) is 12.8. The first-order chi connectivity index (χ1) is 9.50. The molecule has 20 heavy (non-hydrogen) atoms. The standard InChI is InChI=1S/C19H22O/c1-13-14(2)20-18-15(13)10-11-17-16(18)9-7-5-6-8-12-19(17,3)4/h5-8,10-11H,9,12H2,1-4H3/b7-5-,8-6-. The van der Waals surface area contributed by atoms with E-state index in [1.54, 1.807) is 0 Å². The molecule has 0 amide bonds. The lowest BCUT2D eigenvalue weighted by molar-refractivity contribution is 0.525. The van der Waals surface area contributed by atoms with Crippen LogP contribution >= 0.6 is 0 Å². The third kappa shape index (κ3) is 2.02. The zero-order valence-corrected chi connectivity index (χ0v) is 12.8. The van der Waals surface area contributed by atoms with Crippen LogP contribution in [0.2, 0.25) is 0 Å². The van der Waals surface area contributed by atoms with Crippen LogP contribution in [0.4, 0.5) is 0 Å². The van der Waals surface area contributed by atoms with Crippen molar-refractivity contribution in [2.24, 2.45) is 0 Å². The van der Waals surface area contributed by atoms with Gasteiger partial charge in [-0.25, -0.2) is 0 Å². The van der Waals surface area contributed by atoms with Crippen LogP contribution in [0.15, 0.2) is 40.9 Å². The molecule has 3 rings (SSSR count). The van der Waals surface area contributed by atoms with Crippen LogP contribution in [0.25, 0.3) is 11.0 Å². The minimum atomic E-state index is 0.140. The van der Waals surface area contributed by atoms with Crippen molar-refractivity contribution >= 4 is 11.0 Å². The van der Waals surface area contributed by atoms with Crippen molar-refractivity contribution < 1.29 is 4.42 Å². The van der Waals surface area contributed by atoms with Gasteiger partial charge < -0.3 is 4.42 Å². The number of fused-ring (bicyclic) bond motifs is 3. The van der Waals surface area contributed by atoms with E-state index in [0.717, 1.165) is 24.2 Å². The molecule has 0 N–H and O–H groups in total. The number of hydrogen-bond donors (Lipinski definition) is 0. The lowest BCUT2D eigenvalue weighted by Crippen LogP contribution is -2.18. The number of furan rings is 1. The summed E-state index contributed by atoms with van der Waals surface area (Å²) in [4.78, 5) is 0. The van der Waals surface area contributed by atoms with E-state index in [0.29, 0.717) is 0 Å². The summed E-state index contributed by atoms with van der Waals surface area (Å²) in [7, 11) is 0. The molecular weight excluding hydrogens is 244 g/mol. The molecule has 0 fully saturated rings. The van der Waals surface area contributed by atoms with Crippen molar-refractivity contribution in [1.29, 1.82) is 0 Å². The maximum Gasteiger partial charge on any atom is 0.138 e. The highest BCUT2D eigenvalue weighted by atomic mass is 16.3. The van der Waals surface area contributed by atoms with E-state index < -0.39 is 0 Å². The second kappa shape index (κ2) is 4.66. The molecule has 0 atom stereocenters. The Balaban J connectivity index is 2.32. The van der Waals surface area contributed by atoms with E-state index in [9.17, 15) is 0 Å². The SMILES string of the molecule is Cc1oc2c3c(ccc2c1C)C(C)(C)C/C=C\C=C/C3. The van der Waals surface area contributed by atoms with Crippen molar-refractivity contribution in [1.82, 2.24) is 0 Å². The summed E-state index contributed by atoms with van der Waals surface area (Å²) in [6, 6.07) is 4.53. The molecule has 0 saturated carbocycles. The Morgan fingerprint density at radius 3 is 2.60 bits per heavy atom. The van der Waals surface area contributed by atoms with E-state index in [4.69, 9.17) is 4.42 Å². The van der Waals surface area contributed by atoms with Gasteiger partial charge in [0.1, 0.15) is 11.3 Å². The average Bonchev–Trinajstić information content (AvgIpc) is 2.72. The minimum Gasteiger partial charge on any atom is -0.461 e. The van der Waals surface area contributed by atoms with Crippen LogP contribution in [-0.2, 0) is 11.8 Å². The summed E-state index contributed by atoms with van der Waals surface area (Å²) in [5, 5.41) is 1.26. The third-order valence-corrected chi connectivity index (χ3v) is 4.51. The van der Waals surface area contributed by atoms with E-state index >= 15 is 0 Å². The molecule has 1 heteroatoms. The second-order valence-corrected chi connectivity index (χ2v) is 6.40. The fraction of sp³-hybridized carbons (Fsp3) is 0.368. The van der Waals surface area contributed by atoms with Gasteiger partial charge in [0.25, 0.3) is 0 Å². The number of aryl methyl sites for hydroxylation is 2. The van der Waals surface area contributed by atoms with E-state index in [2.05, 4.69) is 64.1 Å². The first kappa shape index (κ1) is 13.2. The molecule has 1 aromatic heterocycles. The summed E-state index contributed by atoms with van der Waals surface area (Å²) in [6.07, 6.45) is 10.8. The molecule has 104 valence electrons. The highest BCUT2D eigenvalue weighted by Crippen LogP contribution is 2.37. The third-order valence-electron chi connectivity index (χ3n) is 4.51. The van der Waals surface area contributed by atoms with Gasteiger partial charge in [0, 0.05) is 10.9 Å². The van der Waals surface area contributed by atoms with Gasteiger partial charge in [0.2, 0.25) is 0 Å². The van der Waals surface area contributed by atoms with Gasteiger partial charge in [-0.3, -0.25) is 0 Å². The first-order valence-electron chi connectivity index (χ1n) is 7.34. The molecule has 0 bridgehead atoms. The monoisotopic (exact) mass is 266 g/mol. The van der Waals surface area contributed by atoms with Gasteiger partial charge in [-0.05, 0) is 43.2 Å². The fourth-order valence-electron chi connectivity index (χ4n) is 3.11. The highest BCUT2D eigenvalue weighted by Gasteiger charge is 2.25. The average molecular weight is 266 g/mol. The van der Waals surface area contributed by atoms with Crippen LogP contribution in [0.1, 0.15) is 42.7 Å². The maximum absolute atomic E-state index is 6.07. The molecule has 1 heterocycles. The van der Waals surface area contributed by atoms with Crippen molar-refractivity contribution in [3.63, 3.8) is 0 Å². The molecule has 1 nitrogen and oxygen atoms in total. The molecule has 2 aromatic rings. The molecule has 1 aliphatic carbocycles. The minimum absolute atomic E-state index is 0.140. The van der Waals surface area contributed by atoms with Gasteiger partial charge in [-0.2, -0.15) is 0 Å². The number of allylic oxidation sites excluding steroid dienone is 4. The molecule has 0 saturated heterocycles. The van der Waals surface area contributed by atoms with Crippen LogP contribution in [0.3, 0.4) is 0 Å². The van der Waals surface area contributed by atoms with E-state index in [1.165, 1.54) is 22.1 Å². The Bertz CT molecular complexity index is 711.